The fraction of sp³-hybridized carbons (Fsp3) is 0.0556. The zero-order valence-electron chi connectivity index (χ0n) is 13.9. The Balaban J connectivity index is 1.84. The number of nitrogens with two attached hydrogens (primary N) is 1. The molecule has 26 heavy (non-hydrogen) atoms. The molecule has 0 aliphatic heterocycles. The van der Waals surface area contributed by atoms with Crippen LogP contribution in [0.25, 0.3) is 11.3 Å². The number of primary amides is 1. The number of nitrogens with zero attached hydrogens (tertiary/aromatic N) is 2. The number of carbonyl (C=O) groups excluding carboxylic acids is 2. The first-order chi connectivity index (χ1) is 12.5. The van der Waals surface area contributed by atoms with Gasteiger partial charge in [-0.1, -0.05) is 6.07 Å². The van der Waals surface area contributed by atoms with E-state index < -0.39 is 11.9 Å². The molecule has 3 rings (SSSR count). The van der Waals surface area contributed by atoms with E-state index in [9.17, 15) is 14.0 Å². The first-order valence-electron chi connectivity index (χ1n) is 7.69. The van der Waals surface area contributed by atoms with Crippen molar-refractivity contribution in [2.45, 2.75) is 0 Å². The summed E-state index contributed by atoms with van der Waals surface area (Å²) in [5.74, 6) is -0.758. The Kier molecular flexibility index (Phi) is 4.66. The average Bonchev–Trinajstić information content (AvgIpc) is 3.11. The summed E-state index contributed by atoms with van der Waals surface area (Å²) in [7, 11) is 1.53. The van der Waals surface area contributed by atoms with Crippen molar-refractivity contribution in [2.24, 2.45) is 5.73 Å². The molecular formula is C18H16FN5O2. The molecule has 0 saturated heterocycles. The summed E-state index contributed by atoms with van der Waals surface area (Å²) in [6.45, 7) is 0. The predicted octanol–water partition coefficient (Wildman–Crippen LogP) is 2.98. The van der Waals surface area contributed by atoms with Crippen molar-refractivity contribution in [2.75, 3.05) is 17.3 Å². The number of urea groups is 1. The summed E-state index contributed by atoms with van der Waals surface area (Å²) in [6.07, 6.45) is 1.40. The lowest BCUT2D eigenvalue weighted by molar-refractivity contribution is 0.102. The molecule has 0 fully saturated rings. The quantitative estimate of drug-likeness (QED) is 0.671. The number of rotatable bonds is 4. The molecule has 3 aromatic rings. The highest BCUT2D eigenvalue weighted by Crippen LogP contribution is 2.23. The van der Waals surface area contributed by atoms with Crippen molar-refractivity contribution < 1.29 is 14.0 Å². The minimum absolute atomic E-state index is 0.310. The predicted molar refractivity (Wildman–Crippen MR) is 96.4 cm³/mol. The molecule has 0 radical (unpaired) electrons. The van der Waals surface area contributed by atoms with E-state index in [1.807, 2.05) is 0 Å². The summed E-state index contributed by atoms with van der Waals surface area (Å²) < 4.78 is 13.1. The number of hydrogen-bond acceptors (Lipinski definition) is 3. The van der Waals surface area contributed by atoms with Crippen molar-refractivity contribution in [1.82, 2.24) is 10.2 Å². The van der Waals surface area contributed by atoms with Gasteiger partial charge >= 0.3 is 6.03 Å². The van der Waals surface area contributed by atoms with Gasteiger partial charge in [0.1, 0.15) is 5.82 Å². The molecule has 0 bridgehead atoms. The average molecular weight is 353 g/mol. The molecule has 0 aliphatic rings. The zero-order valence-corrected chi connectivity index (χ0v) is 13.9. The molecule has 8 heteroatoms. The molecule has 3 amide bonds. The number of hydrogen-bond donors (Lipinski definition) is 3. The van der Waals surface area contributed by atoms with Gasteiger partial charge < -0.3 is 11.1 Å². The standard InChI is InChI=1S/C18H16FN5O2/c1-24(18(20)26)14-4-2-3-13(9-14)22-17(25)15-10-21-23-16(15)11-5-7-12(19)8-6-11/h2-10H,1H3,(H2,20,26)(H,21,23)(H,22,25). The van der Waals surface area contributed by atoms with Gasteiger partial charge in [0, 0.05) is 24.0 Å². The topological polar surface area (TPSA) is 104 Å². The molecule has 7 nitrogen and oxygen atoms in total. The van der Waals surface area contributed by atoms with E-state index in [0.717, 1.165) is 0 Å². The molecule has 0 unspecified atom stereocenters. The molecule has 0 aliphatic carbocycles. The molecule has 2 aromatic carbocycles. The Morgan fingerprint density at radius 3 is 2.62 bits per heavy atom. The Labute approximate surface area is 148 Å². The lowest BCUT2D eigenvalue weighted by atomic mass is 10.1. The van der Waals surface area contributed by atoms with Crippen LogP contribution >= 0.6 is 0 Å². The van der Waals surface area contributed by atoms with Crippen LogP contribution in [0.2, 0.25) is 0 Å². The third-order valence-electron chi connectivity index (χ3n) is 3.84. The van der Waals surface area contributed by atoms with Crippen molar-refractivity contribution >= 4 is 23.3 Å². The van der Waals surface area contributed by atoms with Crippen LogP contribution in [-0.2, 0) is 0 Å². The van der Waals surface area contributed by atoms with Gasteiger partial charge in [-0.25, -0.2) is 9.18 Å². The van der Waals surface area contributed by atoms with E-state index in [0.29, 0.717) is 28.2 Å². The Morgan fingerprint density at radius 1 is 1.19 bits per heavy atom. The van der Waals surface area contributed by atoms with Crippen LogP contribution in [0.4, 0.5) is 20.6 Å². The van der Waals surface area contributed by atoms with Crippen molar-refractivity contribution in [1.29, 1.82) is 0 Å². The Hall–Kier alpha value is -3.68. The number of carbonyl (C=O) groups is 2. The molecule has 1 heterocycles. The highest BCUT2D eigenvalue weighted by Gasteiger charge is 2.16. The van der Waals surface area contributed by atoms with Gasteiger partial charge in [-0.15, -0.1) is 0 Å². The maximum absolute atomic E-state index is 13.1. The second-order valence-corrected chi connectivity index (χ2v) is 5.57. The first kappa shape index (κ1) is 17.2. The minimum Gasteiger partial charge on any atom is -0.351 e. The smallest absolute Gasteiger partial charge is 0.318 e. The van der Waals surface area contributed by atoms with Crippen LogP contribution in [0.15, 0.2) is 54.7 Å². The number of H-pyrrole nitrogens is 1. The fourth-order valence-corrected chi connectivity index (χ4v) is 2.41. The highest BCUT2D eigenvalue weighted by atomic mass is 19.1. The fourth-order valence-electron chi connectivity index (χ4n) is 2.41. The number of amides is 3. The zero-order chi connectivity index (χ0) is 18.7. The molecule has 0 atom stereocenters. The maximum atomic E-state index is 13.1. The Bertz CT molecular complexity index is 952. The van der Waals surface area contributed by atoms with Gasteiger partial charge in [0.05, 0.1) is 17.5 Å². The third kappa shape index (κ3) is 3.54. The van der Waals surface area contributed by atoms with E-state index in [1.165, 1.54) is 30.3 Å². The second-order valence-electron chi connectivity index (χ2n) is 5.57. The molecule has 1 aromatic heterocycles. The SMILES string of the molecule is CN(C(N)=O)c1cccc(NC(=O)c2cn[nH]c2-c2ccc(F)cc2)c1. The monoisotopic (exact) mass is 353 g/mol. The van der Waals surface area contributed by atoms with E-state index in [1.54, 1.807) is 36.4 Å². The summed E-state index contributed by atoms with van der Waals surface area (Å²) in [5.41, 5.74) is 7.71. The van der Waals surface area contributed by atoms with Crippen LogP contribution in [-0.4, -0.2) is 29.2 Å². The van der Waals surface area contributed by atoms with Crippen LogP contribution in [0, 0.1) is 5.82 Å². The van der Waals surface area contributed by atoms with Crippen molar-refractivity contribution in [3.63, 3.8) is 0 Å². The summed E-state index contributed by atoms with van der Waals surface area (Å²) in [6, 6.07) is 11.8. The lowest BCUT2D eigenvalue weighted by Crippen LogP contribution is -2.31. The largest absolute Gasteiger partial charge is 0.351 e. The van der Waals surface area contributed by atoms with Gasteiger partial charge in [0.15, 0.2) is 0 Å². The van der Waals surface area contributed by atoms with E-state index in [4.69, 9.17) is 5.73 Å². The third-order valence-corrected chi connectivity index (χ3v) is 3.84. The molecule has 0 spiro atoms. The summed E-state index contributed by atoms with van der Waals surface area (Å²) >= 11 is 0. The lowest BCUT2D eigenvalue weighted by Gasteiger charge is -2.15. The van der Waals surface area contributed by atoms with Crippen LogP contribution in [0.3, 0.4) is 0 Å². The highest BCUT2D eigenvalue weighted by molar-refractivity contribution is 6.08. The first-order valence-corrected chi connectivity index (χ1v) is 7.69. The molecule has 0 saturated carbocycles. The molecule has 132 valence electrons. The van der Waals surface area contributed by atoms with E-state index in [-0.39, 0.29) is 5.82 Å². The van der Waals surface area contributed by atoms with Crippen LogP contribution in [0.5, 0.6) is 0 Å². The molecular weight excluding hydrogens is 337 g/mol. The van der Waals surface area contributed by atoms with Crippen LogP contribution < -0.4 is 16.0 Å². The van der Waals surface area contributed by atoms with Crippen molar-refractivity contribution in [3.8, 4) is 11.3 Å². The number of nitrogens with one attached hydrogen (secondary N) is 2. The minimum atomic E-state index is -0.609. The summed E-state index contributed by atoms with van der Waals surface area (Å²) in [5, 5.41) is 9.40. The maximum Gasteiger partial charge on any atom is 0.318 e. The van der Waals surface area contributed by atoms with Gasteiger partial charge in [0.25, 0.3) is 5.91 Å². The number of aromatic amines is 1. The van der Waals surface area contributed by atoms with Gasteiger partial charge in [-0.3, -0.25) is 14.8 Å². The Morgan fingerprint density at radius 2 is 1.92 bits per heavy atom. The van der Waals surface area contributed by atoms with Gasteiger partial charge in [-0.2, -0.15) is 5.10 Å². The van der Waals surface area contributed by atoms with Gasteiger partial charge in [0.2, 0.25) is 0 Å². The number of anilines is 2. The van der Waals surface area contributed by atoms with E-state index >= 15 is 0 Å². The number of aromatic nitrogens is 2. The number of halogens is 1. The second kappa shape index (κ2) is 7.06. The molecule has 4 N–H and O–H groups in total. The summed E-state index contributed by atoms with van der Waals surface area (Å²) in [4.78, 5) is 25.1. The van der Waals surface area contributed by atoms with Gasteiger partial charge in [-0.05, 0) is 42.5 Å². The van der Waals surface area contributed by atoms with Crippen molar-refractivity contribution in [3.05, 3.63) is 66.1 Å². The van der Waals surface area contributed by atoms with E-state index in [2.05, 4.69) is 15.5 Å². The number of benzene rings is 2. The van der Waals surface area contributed by atoms with Crippen LogP contribution in [0.1, 0.15) is 10.4 Å². The normalized spacial score (nSPS) is 10.4.